The van der Waals surface area contributed by atoms with Crippen LogP contribution >= 0.6 is 23.1 Å². The summed E-state index contributed by atoms with van der Waals surface area (Å²) in [4.78, 5) is 33.1. The number of carbonyl (C=O) groups excluding carboxylic acids is 1. The third-order valence-electron chi connectivity index (χ3n) is 4.59. The van der Waals surface area contributed by atoms with Crippen LogP contribution < -0.4 is 5.56 Å². The van der Waals surface area contributed by atoms with E-state index in [2.05, 4.69) is 18.0 Å². The van der Waals surface area contributed by atoms with Crippen molar-refractivity contribution in [2.45, 2.75) is 37.9 Å². The fraction of sp³-hybridized carbons (Fsp3) is 0.381. The average molecular weight is 416 g/mol. The van der Waals surface area contributed by atoms with Gasteiger partial charge in [0.2, 0.25) is 5.91 Å². The number of benzene rings is 1. The first-order valence-corrected chi connectivity index (χ1v) is 11.4. The van der Waals surface area contributed by atoms with E-state index in [0.29, 0.717) is 22.6 Å². The number of thioether (sulfide) groups is 1. The predicted octanol–water partition coefficient (Wildman–Crippen LogP) is 4.05. The Hall–Kier alpha value is -2.12. The highest BCUT2D eigenvalue weighted by Gasteiger charge is 2.15. The minimum Gasteiger partial charge on any atom is -0.345 e. The molecule has 0 N–H and O–H groups in total. The van der Waals surface area contributed by atoms with Gasteiger partial charge in [-0.05, 0) is 36.4 Å². The lowest BCUT2D eigenvalue weighted by Gasteiger charge is -2.17. The second kappa shape index (κ2) is 9.89. The van der Waals surface area contributed by atoms with Crippen molar-refractivity contribution in [2.24, 2.45) is 0 Å². The lowest BCUT2D eigenvalue weighted by molar-refractivity contribution is -0.127. The minimum atomic E-state index is -0.0450. The summed E-state index contributed by atoms with van der Waals surface area (Å²) in [7, 11) is 1.83. The molecule has 5 nitrogen and oxygen atoms in total. The van der Waals surface area contributed by atoms with Gasteiger partial charge < -0.3 is 4.90 Å². The van der Waals surface area contributed by atoms with Crippen molar-refractivity contribution in [1.29, 1.82) is 0 Å². The number of amides is 1. The van der Waals surface area contributed by atoms with Gasteiger partial charge in [0.15, 0.2) is 5.16 Å². The maximum atomic E-state index is 13.0. The topological polar surface area (TPSA) is 55.2 Å². The van der Waals surface area contributed by atoms with Crippen molar-refractivity contribution in [1.82, 2.24) is 14.5 Å². The summed E-state index contributed by atoms with van der Waals surface area (Å²) < 4.78 is 1.71. The van der Waals surface area contributed by atoms with Crippen LogP contribution in [0.25, 0.3) is 10.9 Å². The highest BCUT2D eigenvalue weighted by Crippen LogP contribution is 2.19. The third kappa shape index (κ3) is 5.02. The summed E-state index contributed by atoms with van der Waals surface area (Å²) in [6, 6.07) is 11.5. The average Bonchev–Trinajstić information content (AvgIpc) is 3.23. The second-order valence-corrected chi connectivity index (χ2v) is 8.63. The van der Waals surface area contributed by atoms with Gasteiger partial charge in [0.1, 0.15) is 0 Å². The number of hydrogen-bond donors (Lipinski definition) is 0. The van der Waals surface area contributed by atoms with Gasteiger partial charge in [-0.15, -0.1) is 11.3 Å². The van der Waals surface area contributed by atoms with Crippen molar-refractivity contribution >= 4 is 39.9 Å². The maximum Gasteiger partial charge on any atom is 0.262 e. The third-order valence-corrected chi connectivity index (χ3v) is 6.48. The lowest BCUT2D eigenvalue weighted by atomic mass is 10.2. The molecule has 0 atom stereocenters. The van der Waals surface area contributed by atoms with E-state index in [9.17, 15) is 9.59 Å². The summed E-state index contributed by atoms with van der Waals surface area (Å²) in [5.74, 6) is 0.343. The van der Waals surface area contributed by atoms with Crippen LogP contribution in [0, 0.1) is 0 Å². The molecule has 0 spiro atoms. The molecule has 1 amide bonds. The van der Waals surface area contributed by atoms with E-state index in [1.807, 2.05) is 42.8 Å². The van der Waals surface area contributed by atoms with Crippen molar-refractivity contribution in [3.8, 4) is 0 Å². The molecule has 0 fully saturated rings. The Morgan fingerprint density at radius 3 is 2.82 bits per heavy atom. The van der Waals surface area contributed by atoms with E-state index < -0.39 is 0 Å². The van der Waals surface area contributed by atoms with Gasteiger partial charge in [0.25, 0.3) is 5.56 Å². The van der Waals surface area contributed by atoms with Gasteiger partial charge in [0, 0.05) is 25.0 Å². The van der Waals surface area contributed by atoms with Crippen LogP contribution in [0.4, 0.5) is 0 Å². The highest BCUT2D eigenvalue weighted by molar-refractivity contribution is 7.99. The number of para-hydroxylation sites is 1. The van der Waals surface area contributed by atoms with Crippen molar-refractivity contribution in [2.75, 3.05) is 19.3 Å². The zero-order chi connectivity index (χ0) is 19.9. The van der Waals surface area contributed by atoms with E-state index in [-0.39, 0.29) is 17.2 Å². The first-order valence-electron chi connectivity index (χ1n) is 9.49. The van der Waals surface area contributed by atoms with Gasteiger partial charge in [0.05, 0.1) is 16.7 Å². The molecule has 1 aromatic carbocycles. The van der Waals surface area contributed by atoms with Gasteiger partial charge in [-0.1, -0.05) is 43.3 Å². The number of aromatic nitrogens is 2. The Labute approximate surface area is 173 Å². The Kier molecular flexibility index (Phi) is 7.28. The maximum absolute atomic E-state index is 13.0. The number of carbonyl (C=O) groups is 1. The monoisotopic (exact) mass is 415 g/mol. The van der Waals surface area contributed by atoms with Crippen molar-refractivity contribution in [3.05, 3.63) is 57.0 Å². The Morgan fingerprint density at radius 1 is 1.25 bits per heavy atom. The van der Waals surface area contributed by atoms with Crippen LogP contribution in [0.5, 0.6) is 0 Å². The predicted molar refractivity (Wildman–Crippen MR) is 117 cm³/mol. The van der Waals surface area contributed by atoms with Gasteiger partial charge in [-0.3, -0.25) is 14.2 Å². The highest BCUT2D eigenvalue weighted by atomic mass is 32.2. The fourth-order valence-corrected chi connectivity index (χ4v) is 4.55. The molecule has 0 aliphatic rings. The normalized spacial score (nSPS) is 11.1. The first kappa shape index (κ1) is 20.6. The van der Waals surface area contributed by atoms with Crippen molar-refractivity contribution < 1.29 is 4.79 Å². The zero-order valence-corrected chi connectivity index (χ0v) is 17.9. The summed E-state index contributed by atoms with van der Waals surface area (Å²) in [5, 5.41) is 3.26. The smallest absolute Gasteiger partial charge is 0.262 e. The fourth-order valence-electron chi connectivity index (χ4n) is 2.89. The first-order chi connectivity index (χ1) is 13.6. The minimum absolute atomic E-state index is 0.0450. The molecule has 0 unspecified atom stereocenters. The number of aryl methyl sites for hydroxylation is 1. The second-order valence-electron chi connectivity index (χ2n) is 6.66. The van der Waals surface area contributed by atoms with Gasteiger partial charge in [-0.25, -0.2) is 4.98 Å². The molecular weight excluding hydrogens is 390 g/mol. The van der Waals surface area contributed by atoms with Gasteiger partial charge in [-0.2, -0.15) is 0 Å². The molecule has 0 bridgehead atoms. The van der Waals surface area contributed by atoms with Crippen LogP contribution in [0.1, 0.15) is 24.6 Å². The number of rotatable bonds is 9. The molecule has 148 valence electrons. The molecule has 2 aromatic heterocycles. The van der Waals surface area contributed by atoms with Crippen molar-refractivity contribution in [3.63, 3.8) is 0 Å². The van der Waals surface area contributed by atoms with Crippen LogP contribution in [0.15, 0.2) is 51.7 Å². The van der Waals surface area contributed by atoms with E-state index in [1.54, 1.807) is 20.8 Å². The number of fused-ring (bicyclic) bond motifs is 1. The molecule has 3 aromatic rings. The van der Waals surface area contributed by atoms with E-state index in [0.717, 1.165) is 25.8 Å². The summed E-state index contributed by atoms with van der Waals surface area (Å²) in [6.45, 7) is 3.42. The van der Waals surface area contributed by atoms with E-state index in [4.69, 9.17) is 0 Å². The Morgan fingerprint density at radius 2 is 2.07 bits per heavy atom. The van der Waals surface area contributed by atoms with E-state index in [1.165, 1.54) is 16.6 Å². The number of hydrogen-bond acceptors (Lipinski definition) is 5. The molecule has 28 heavy (non-hydrogen) atoms. The molecule has 3 rings (SSSR count). The molecule has 0 aliphatic carbocycles. The van der Waals surface area contributed by atoms with Crippen LogP contribution in [0.3, 0.4) is 0 Å². The summed E-state index contributed by atoms with van der Waals surface area (Å²) in [5.41, 5.74) is 0.630. The molecule has 0 aliphatic heterocycles. The van der Waals surface area contributed by atoms with Gasteiger partial charge >= 0.3 is 0 Å². The van der Waals surface area contributed by atoms with Crippen LogP contribution in [0.2, 0.25) is 0 Å². The molecule has 7 heteroatoms. The SMILES string of the molecule is CCCCN(C)C(=O)CSc1nc2ccccc2c(=O)n1CCc1cccs1. The molecule has 2 heterocycles. The van der Waals surface area contributed by atoms with Crippen LogP contribution in [-0.2, 0) is 17.8 Å². The quantitative estimate of drug-likeness (QED) is 0.391. The largest absolute Gasteiger partial charge is 0.345 e. The molecule has 0 radical (unpaired) electrons. The standard InChI is InChI=1S/C21H25N3O2S2/c1-3-4-12-23(2)19(25)15-28-21-22-18-10-6-5-9-17(18)20(26)24(21)13-11-16-8-7-14-27-16/h5-10,14H,3-4,11-13,15H2,1-2H3. The summed E-state index contributed by atoms with van der Waals surface area (Å²) >= 11 is 3.03. The number of unbranched alkanes of at least 4 members (excludes halogenated alkanes) is 1. The summed E-state index contributed by atoms with van der Waals surface area (Å²) in [6.07, 6.45) is 2.82. The lowest BCUT2D eigenvalue weighted by Crippen LogP contribution is -2.30. The molecular formula is C21H25N3O2S2. The molecule has 0 saturated carbocycles. The van der Waals surface area contributed by atoms with Crippen LogP contribution in [-0.4, -0.2) is 39.7 Å². The Bertz CT molecular complexity index is 983. The zero-order valence-electron chi connectivity index (χ0n) is 16.3. The number of nitrogens with zero attached hydrogens (tertiary/aromatic N) is 3. The molecule has 0 saturated heterocycles. The number of thiophene rings is 1. The Balaban J connectivity index is 1.83. The van der Waals surface area contributed by atoms with E-state index >= 15 is 0 Å².